The smallest absolute Gasteiger partial charge is 0.306 e. The van der Waals surface area contributed by atoms with Crippen LogP contribution in [0.5, 0.6) is 0 Å². The van der Waals surface area contributed by atoms with Crippen molar-refractivity contribution in [3.63, 3.8) is 0 Å². The molecular formula is C33H60NO10P. The minimum atomic E-state index is -4.69. The first-order chi connectivity index (χ1) is 21.4. The third-order valence-electron chi connectivity index (χ3n) is 6.86. The van der Waals surface area contributed by atoms with Crippen molar-refractivity contribution in [3.05, 3.63) is 24.3 Å². The molecule has 0 bridgehead atoms. The molecule has 0 radical (unpaired) electrons. The number of carbonyl (C=O) groups is 3. The number of allylic oxidation sites excluding steroid dienone is 3. The second-order valence-corrected chi connectivity index (χ2v) is 13.8. The monoisotopic (exact) mass is 661 g/mol. The first kappa shape index (κ1) is 43.1. The Morgan fingerprint density at radius 1 is 0.844 bits per heavy atom. The van der Waals surface area contributed by atoms with Crippen molar-refractivity contribution in [2.24, 2.45) is 0 Å². The second kappa shape index (κ2) is 27.3. The highest BCUT2D eigenvalue weighted by Crippen LogP contribution is 2.38. The predicted molar refractivity (Wildman–Crippen MR) is 173 cm³/mol. The predicted octanol–water partition coefficient (Wildman–Crippen LogP) is 5.58. The molecule has 0 saturated carbocycles. The van der Waals surface area contributed by atoms with E-state index in [4.69, 9.17) is 18.5 Å². The minimum absolute atomic E-state index is 0.0137. The van der Waals surface area contributed by atoms with Crippen LogP contribution in [-0.2, 0) is 37.5 Å². The molecule has 262 valence electrons. The van der Waals surface area contributed by atoms with Gasteiger partial charge in [-0.1, -0.05) is 76.5 Å². The van der Waals surface area contributed by atoms with Crippen LogP contribution in [0.4, 0.5) is 0 Å². The molecule has 12 heteroatoms. The quantitative estimate of drug-likeness (QED) is 0.0197. The number of esters is 2. The van der Waals surface area contributed by atoms with Gasteiger partial charge in [0.05, 0.1) is 33.9 Å². The van der Waals surface area contributed by atoms with Crippen LogP contribution in [0.25, 0.3) is 0 Å². The topological polar surface area (TPSA) is 148 Å². The zero-order valence-corrected chi connectivity index (χ0v) is 29.1. The number of hydrogen-bond acceptors (Lipinski definition) is 10. The average Bonchev–Trinajstić information content (AvgIpc) is 2.97. The van der Waals surface area contributed by atoms with E-state index in [1.165, 1.54) is 44.6 Å². The lowest BCUT2D eigenvalue weighted by atomic mass is 10.1. The van der Waals surface area contributed by atoms with Crippen molar-refractivity contribution in [3.8, 4) is 0 Å². The molecule has 0 fully saturated rings. The maximum atomic E-state index is 12.3. The van der Waals surface area contributed by atoms with Crippen LogP contribution in [0.15, 0.2) is 24.3 Å². The Morgan fingerprint density at radius 3 is 2.04 bits per heavy atom. The van der Waals surface area contributed by atoms with Crippen LogP contribution in [0.3, 0.4) is 0 Å². The number of carbonyl (C=O) groups excluding carboxylic acids is 3. The molecule has 0 heterocycles. The van der Waals surface area contributed by atoms with Gasteiger partial charge in [-0.15, -0.1) is 0 Å². The Morgan fingerprint density at radius 2 is 1.44 bits per heavy atom. The number of aldehydes is 1. The molecule has 3 atom stereocenters. The minimum Gasteiger partial charge on any atom is -0.756 e. The number of phosphoric ester groups is 1. The summed E-state index contributed by atoms with van der Waals surface area (Å²) in [7, 11) is 0.953. The fourth-order valence-corrected chi connectivity index (χ4v) is 4.86. The SMILES string of the molecule is CCCCCCCC/C=C\CCCCCCCC(=O)OC[C@H](COP(=O)([O-])OCC[N+](C)(C)C)OC(=O)CCC(O)/C=C/C=O. The number of rotatable bonds is 30. The highest BCUT2D eigenvalue weighted by atomic mass is 31.2. The maximum Gasteiger partial charge on any atom is 0.306 e. The lowest BCUT2D eigenvalue weighted by Crippen LogP contribution is -2.37. The Kier molecular flexibility index (Phi) is 26.1. The lowest BCUT2D eigenvalue weighted by molar-refractivity contribution is -0.870. The van der Waals surface area contributed by atoms with Crippen molar-refractivity contribution in [2.45, 2.75) is 122 Å². The summed E-state index contributed by atoms with van der Waals surface area (Å²) < 4.78 is 33.0. The van der Waals surface area contributed by atoms with Crippen molar-refractivity contribution in [2.75, 3.05) is 47.5 Å². The van der Waals surface area contributed by atoms with Crippen LogP contribution >= 0.6 is 7.82 Å². The summed E-state index contributed by atoms with van der Waals surface area (Å²) >= 11 is 0. The zero-order chi connectivity index (χ0) is 33.8. The number of hydrogen-bond donors (Lipinski definition) is 1. The molecule has 11 nitrogen and oxygen atoms in total. The fraction of sp³-hybridized carbons (Fsp3) is 0.788. The lowest BCUT2D eigenvalue weighted by Gasteiger charge is -2.28. The van der Waals surface area contributed by atoms with Gasteiger partial charge in [-0.05, 0) is 44.6 Å². The van der Waals surface area contributed by atoms with Gasteiger partial charge in [0, 0.05) is 12.8 Å². The van der Waals surface area contributed by atoms with Crippen LogP contribution in [-0.4, -0.2) is 87.5 Å². The standard InChI is InChI=1S/C33H60NO10P/c1-5-6-7-8-9-10-11-12-13-14-15-16-17-18-19-22-32(37)41-28-31(44-33(38)24-23-30(36)21-20-26-35)29-43-45(39,40)42-27-25-34(2,3)4/h12-13,20-21,26,30-31,36H,5-11,14-19,22-25,27-29H2,1-4H3/b13-12-,21-20+/t30?,31-/m1/s1. The molecule has 1 N–H and O–H groups in total. The molecule has 2 unspecified atom stereocenters. The van der Waals surface area contributed by atoms with Crippen LogP contribution in [0.2, 0.25) is 0 Å². The summed E-state index contributed by atoms with van der Waals surface area (Å²) in [5, 5.41) is 9.77. The van der Waals surface area contributed by atoms with E-state index in [-0.39, 0.29) is 32.5 Å². The van der Waals surface area contributed by atoms with E-state index in [1.54, 1.807) is 0 Å². The number of quaternary nitrogens is 1. The summed E-state index contributed by atoms with van der Waals surface area (Å²) in [4.78, 5) is 47.2. The molecule has 0 amide bonds. The molecular weight excluding hydrogens is 601 g/mol. The zero-order valence-electron chi connectivity index (χ0n) is 28.2. The first-order valence-electron chi connectivity index (χ1n) is 16.6. The van der Waals surface area contributed by atoms with E-state index >= 15 is 0 Å². The van der Waals surface area contributed by atoms with Gasteiger partial charge in [-0.2, -0.15) is 0 Å². The molecule has 0 aromatic rings. The molecule has 45 heavy (non-hydrogen) atoms. The Bertz CT molecular complexity index is 887. The average molecular weight is 662 g/mol. The van der Waals surface area contributed by atoms with Gasteiger partial charge >= 0.3 is 11.9 Å². The van der Waals surface area contributed by atoms with Crippen molar-refractivity contribution < 1.29 is 52.0 Å². The van der Waals surface area contributed by atoms with Crippen LogP contribution in [0, 0.1) is 0 Å². The molecule has 0 aromatic heterocycles. The molecule has 0 aromatic carbocycles. The van der Waals surface area contributed by atoms with E-state index in [2.05, 4.69) is 19.1 Å². The number of aliphatic hydroxyl groups is 1. The highest BCUT2D eigenvalue weighted by Gasteiger charge is 2.22. The van der Waals surface area contributed by atoms with Gasteiger partial charge in [0.25, 0.3) is 7.82 Å². The number of unbranched alkanes of at least 4 members (excludes halogenated alkanes) is 11. The van der Waals surface area contributed by atoms with E-state index in [0.29, 0.717) is 23.7 Å². The molecule has 0 spiro atoms. The van der Waals surface area contributed by atoms with Crippen molar-refractivity contribution >= 4 is 26.0 Å². The van der Waals surface area contributed by atoms with Gasteiger partial charge in [-0.3, -0.25) is 18.9 Å². The molecule has 0 saturated heterocycles. The van der Waals surface area contributed by atoms with E-state index in [0.717, 1.165) is 44.6 Å². The van der Waals surface area contributed by atoms with E-state index in [1.807, 2.05) is 21.1 Å². The Labute approximate surface area is 271 Å². The second-order valence-electron chi connectivity index (χ2n) is 12.3. The van der Waals surface area contributed by atoms with Crippen molar-refractivity contribution in [1.82, 2.24) is 0 Å². The first-order valence-corrected chi connectivity index (χ1v) is 18.0. The van der Waals surface area contributed by atoms with Gasteiger partial charge in [0.2, 0.25) is 0 Å². The summed E-state index contributed by atoms with van der Waals surface area (Å²) in [5.41, 5.74) is 0. The molecule has 0 aliphatic heterocycles. The van der Waals surface area contributed by atoms with Gasteiger partial charge in [0.1, 0.15) is 26.0 Å². The number of nitrogens with zero attached hydrogens (tertiary/aromatic N) is 1. The summed E-state index contributed by atoms with van der Waals surface area (Å²) in [6.07, 6.45) is 20.1. The summed E-state index contributed by atoms with van der Waals surface area (Å²) in [6.45, 7) is 1.58. The highest BCUT2D eigenvalue weighted by molar-refractivity contribution is 7.45. The number of ether oxygens (including phenoxy) is 2. The Balaban J connectivity index is 4.44. The van der Waals surface area contributed by atoms with Gasteiger partial charge in [-0.25, -0.2) is 0 Å². The van der Waals surface area contributed by atoms with Crippen LogP contribution < -0.4 is 4.89 Å². The van der Waals surface area contributed by atoms with Gasteiger partial charge in [0.15, 0.2) is 6.10 Å². The summed E-state index contributed by atoms with van der Waals surface area (Å²) in [5.74, 6) is -1.23. The summed E-state index contributed by atoms with van der Waals surface area (Å²) in [6, 6.07) is 0. The fourth-order valence-electron chi connectivity index (χ4n) is 4.13. The number of aliphatic hydroxyl groups excluding tert-OH is 1. The van der Waals surface area contributed by atoms with Crippen LogP contribution in [0.1, 0.15) is 110 Å². The van der Waals surface area contributed by atoms with Gasteiger partial charge < -0.3 is 33.0 Å². The van der Waals surface area contributed by atoms with E-state index in [9.17, 15) is 28.9 Å². The third-order valence-corrected chi connectivity index (χ3v) is 7.82. The molecule has 0 rings (SSSR count). The van der Waals surface area contributed by atoms with Crippen molar-refractivity contribution in [1.29, 1.82) is 0 Å². The number of likely N-dealkylation sites (N-methyl/N-ethyl adjacent to an activating group) is 1. The van der Waals surface area contributed by atoms with E-state index < -0.39 is 38.6 Å². The number of phosphoric acid groups is 1. The largest absolute Gasteiger partial charge is 0.756 e. The maximum absolute atomic E-state index is 12.3. The molecule has 0 aliphatic rings. The molecule has 0 aliphatic carbocycles. The normalized spacial score (nSPS) is 14.8. The third kappa shape index (κ3) is 30.5. The Hall–Kier alpha value is -1.88.